The molecular weight excluding hydrogens is 336 g/mol. The number of amides is 1. The molecule has 1 unspecified atom stereocenters. The van der Waals surface area contributed by atoms with Crippen LogP contribution in [-0.2, 0) is 11.2 Å². The highest BCUT2D eigenvalue weighted by Gasteiger charge is 2.17. The molecule has 0 N–H and O–H groups in total. The maximum absolute atomic E-state index is 13.0. The lowest BCUT2D eigenvalue weighted by Gasteiger charge is -2.25. The first-order chi connectivity index (χ1) is 10.9. The molecule has 0 spiro atoms. The highest BCUT2D eigenvalue weighted by molar-refractivity contribution is 6.35. The lowest BCUT2D eigenvalue weighted by atomic mass is 10.1. The first kappa shape index (κ1) is 17.8. The van der Waals surface area contributed by atoms with Crippen molar-refractivity contribution >= 4 is 29.1 Å². The zero-order chi connectivity index (χ0) is 17.0. The molecule has 1 atom stereocenters. The molecule has 0 aliphatic rings. The van der Waals surface area contributed by atoms with Gasteiger partial charge in [-0.25, -0.2) is 4.39 Å². The fourth-order valence-corrected chi connectivity index (χ4v) is 2.83. The first-order valence-corrected chi connectivity index (χ1v) is 8.09. The average molecular weight is 354 g/mol. The van der Waals surface area contributed by atoms with E-state index in [0.29, 0.717) is 22.9 Å². The van der Waals surface area contributed by atoms with Crippen molar-refractivity contribution in [2.24, 2.45) is 0 Å². The molecule has 0 bridgehead atoms. The number of hydrogen-bond acceptors (Lipinski definition) is 1. The van der Waals surface area contributed by atoms with Crippen LogP contribution >= 0.6 is 23.2 Å². The Labute approximate surface area is 145 Å². The molecule has 2 aromatic rings. The van der Waals surface area contributed by atoms with E-state index < -0.39 is 0 Å². The molecule has 0 saturated heterocycles. The van der Waals surface area contributed by atoms with Crippen LogP contribution in [0.3, 0.4) is 0 Å². The van der Waals surface area contributed by atoms with E-state index in [4.69, 9.17) is 23.2 Å². The first-order valence-electron chi connectivity index (χ1n) is 7.33. The summed E-state index contributed by atoms with van der Waals surface area (Å²) in [6.07, 6.45) is 0.901. The van der Waals surface area contributed by atoms with E-state index in [9.17, 15) is 9.18 Å². The highest BCUT2D eigenvalue weighted by atomic mass is 35.5. The fourth-order valence-electron chi connectivity index (χ4n) is 2.32. The molecule has 122 valence electrons. The summed E-state index contributed by atoms with van der Waals surface area (Å²) >= 11 is 12.0. The maximum Gasteiger partial charge on any atom is 0.223 e. The van der Waals surface area contributed by atoms with E-state index >= 15 is 0 Å². The number of hydrogen-bond donors (Lipinski definition) is 0. The van der Waals surface area contributed by atoms with Gasteiger partial charge < -0.3 is 4.90 Å². The Balaban J connectivity index is 1.98. The molecule has 0 aliphatic heterocycles. The second-order valence-electron chi connectivity index (χ2n) is 5.47. The van der Waals surface area contributed by atoms with Crippen molar-refractivity contribution in [3.8, 4) is 0 Å². The summed E-state index contributed by atoms with van der Waals surface area (Å²) in [5.41, 5.74) is 1.79. The number of carbonyl (C=O) groups is 1. The van der Waals surface area contributed by atoms with Crippen LogP contribution < -0.4 is 0 Å². The van der Waals surface area contributed by atoms with Gasteiger partial charge in [-0.1, -0.05) is 41.4 Å². The third kappa shape index (κ3) is 4.69. The summed E-state index contributed by atoms with van der Waals surface area (Å²) in [6.45, 7) is 1.92. The Bertz CT molecular complexity index is 688. The zero-order valence-electron chi connectivity index (χ0n) is 13.0. The Hall–Kier alpha value is -1.58. The Morgan fingerprint density at radius 1 is 1.17 bits per heavy atom. The van der Waals surface area contributed by atoms with Crippen molar-refractivity contribution < 1.29 is 9.18 Å². The number of carbonyl (C=O) groups excluding carboxylic acids is 1. The molecular formula is C18H18Cl2FNO. The van der Waals surface area contributed by atoms with Crippen LogP contribution in [0.5, 0.6) is 0 Å². The van der Waals surface area contributed by atoms with Crippen LogP contribution in [-0.4, -0.2) is 17.9 Å². The van der Waals surface area contributed by atoms with Gasteiger partial charge in [0.05, 0.1) is 6.04 Å². The molecule has 2 nitrogen and oxygen atoms in total. The quantitative estimate of drug-likeness (QED) is 0.715. The third-order valence-electron chi connectivity index (χ3n) is 3.95. The average Bonchev–Trinajstić information content (AvgIpc) is 2.53. The molecule has 0 aromatic heterocycles. The highest BCUT2D eigenvalue weighted by Crippen LogP contribution is 2.24. The number of rotatable bonds is 5. The largest absolute Gasteiger partial charge is 0.339 e. The van der Waals surface area contributed by atoms with Gasteiger partial charge in [0.2, 0.25) is 5.91 Å². The van der Waals surface area contributed by atoms with Gasteiger partial charge in [-0.3, -0.25) is 4.79 Å². The van der Waals surface area contributed by atoms with Crippen LogP contribution in [0.4, 0.5) is 4.39 Å². The summed E-state index contributed by atoms with van der Waals surface area (Å²) in [5, 5.41) is 1.15. The van der Waals surface area contributed by atoms with E-state index in [-0.39, 0.29) is 17.8 Å². The standard InChI is InChI=1S/C18H18Cl2FNO/c1-12(13-4-8-16(21)9-5-13)22(2)18(23)10-6-14-3-7-15(19)11-17(14)20/h3-5,7-9,11-12H,6,10H2,1-2H3. The molecule has 0 saturated carbocycles. The Morgan fingerprint density at radius 3 is 2.43 bits per heavy atom. The van der Waals surface area contributed by atoms with E-state index in [1.807, 2.05) is 13.0 Å². The van der Waals surface area contributed by atoms with Gasteiger partial charge in [0, 0.05) is 23.5 Å². The molecule has 1 amide bonds. The topological polar surface area (TPSA) is 20.3 Å². The van der Waals surface area contributed by atoms with Crippen molar-refractivity contribution in [1.82, 2.24) is 4.90 Å². The van der Waals surface area contributed by atoms with Crippen LogP contribution in [0, 0.1) is 5.82 Å². The fraction of sp³-hybridized carbons (Fsp3) is 0.278. The molecule has 0 radical (unpaired) electrons. The molecule has 0 aliphatic carbocycles. The van der Waals surface area contributed by atoms with Gasteiger partial charge in [-0.15, -0.1) is 0 Å². The summed E-state index contributed by atoms with van der Waals surface area (Å²) in [6, 6.07) is 11.3. The molecule has 5 heteroatoms. The van der Waals surface area contributed by atoms with Crippen molar-refractivity contribution in [2.45, 2.75) is 25.8 Å². The number of benzene rings is 2. The lowest BCUT2D eigenvalue weighted by Crippen LogP contribution is -2.29. The predicted octanol–water partition coefficient (Wildman–Crippen LogP) is 5.28. The number of nitrogens with zero attached hydrogens (tertiary/aromatic N) is 1. The van der Waals surface area contributed by atoms with Crippen LogP contribution in [0.1, 0.15) is 30.5 Å². The smallest absolute Gasteiger partial charge is 0.223 e. The number of aryl methyl sites for hydroxylation is 1. The second kappa shape index (κ2) is 7.80. The van der Waals surface area contributed by atoms with Crippen molar-refractivity contribution in [1.29, 1.82) is 0 Å². The van der Waals surface area contributed by atoms with Gasteiger partial charge in [-0.05, 0) is 48.7 Å². The third-order valence-corrected chi connectivity index (χ3v) is 4.54. The number of halogens is 3. The lowest BCUT2D eigenvalue weighted by molar-refractivity contribution is -0.131. The van der Waals surface area contributed by atoms with Gasteiger partial charge >= 0.3 is 0 Å². The van der Waals surface area contributed by atoms with Gasteiger partial charge in [-0.2, -0.15) is 0 Å². The van der Waals surface area contributed by atoms with Gasteiger partial charge in [0.25, 0.3) is 0 Å². The molecule has 0 heterocycles. The monoisotopic (exact) mass is 353 g/mol. The van der Waals surface area contributed by atoms with Crippen LogP contribution in [0.25, 0.3) is 0 Å². The van der Waals surface area contributed by atoms with E-state index in [0.717, 1.165) is 11.1 Å². The van der Waals surface area contributed by atoms with Crippen LogP contribution in [0.15, 0.2) is 42.5 Å². The summed E-state index contributed by atoms with van der Waals surface area (Å²) in [4.78, 5) is 14.0. The van der Waals surface area contributed by atoms with Crippen LogP contribution in [0.2, 0.25) is 10.0 Å². The predicted molar refractivity (Wildman–Crippen MR) is 92.4 cm³/mol. The zero-order valence-corrected chi connectivity index (χ0v) is 14.5. The minimum atomic E-state index is -0.285. The minimum Gasteiger partial charge on any atom is -0.339 e. The van der Waals surface area contributed by atoms with Gasteiger partial charge in [0.15, 0.2) is 0 Å². The maximum atomic E-state index is 13.0. The normalized spacial score (nSPS) is 12.0. The van der Waals surface area contributed by atoms with E-state index in [1.54, 1.807) is 36.2 Å². The van der Waals surface area contributed by atoms with E-state index in [1.165, 1.54) is 12.1 Å². The van der Waals surface area contributed by atoms with Crippen molar-refractivity contribution in [2.75, 3.05) is 7.05 Å². The van der Waals surface area contributed by atoms with Gasteiger partial charge in [0.1, 0.15) is 5.82 Å². The van der Waals surface area contributed by atoms with Crippen molar-refractivity contribution in [3.63, 3.8) is 0 Å². The van der Waals surface area contributed by atoms with Crippen molar-refractivity contribution in [3.05, 3.63) is 69.5 Å². The summed E-state index contributed by atoms with van der Waals surface area (Å²) < 4.78 is 13.0. The molecule has 2 aromatic carbocycles. The summed E-state index contributed by atoms with van der Waals surface area (Å²) in [7, 11) is 1.75. The second-order valence-corrected chi connectivity index (χ2v) is 6.31. The summed E-state index contributed by atoms with van der Waals surface area (Å²) in [5.74, 6) is -0.278. The molecule has 2 rings (SSSR count). The minimum absolute atomic E-state index is 0.00726. The molecule has 0 fully saturated rings. The van der Waals surface area contributed by atoms with E-state index in [2.05, 4.69) is 0 Å². The SMILES string of the molecule is CC(c1ccc(F)cc1)N(C)C(=O)CCc1ccc(Cl)cc1Cl. The molecule has 23 heavy (non-hydrogen) atoms. The Kier molecular flexibility index (Phi) is 6.03. The Morgan fingerprint density at radius 2 is 1.83 bits per heavy atom.